The zero-order valence-corrected chi connectivity index (χ0v) is 12.1. The molecule has 22 heavy (non-hydrogen) atoms. The van der Waals surface area contributed by atoms with Crippen LogP contribution in [0, 0.1) is 10.1 Å². The van der Waals surface area contributed by atoms with Crippen molar-refractivity contribution in [2.24, 2.45) is 0 Å². The van der Waals surface area contributed by atoms with E-state index in [0.717, 1.165) is 37.7 Å². The quantitative estimate of drug-likeness (QED) is 0.693. The number of nitrogens with zero attached hydrogens (tertiary/aromatic N) is 2. The first-order valence-corrected chi connectivity index (χ1v) is 7.17. The number of morpholine rings is 1. The molecule has 0 radical (unpaired) electrons. The normalized spacial score (nSPS) is 14.6. The molecule has 1 saturated heterocycles. The standard InChI is InChI=1S/C16H17N3O3/c20-19(21)16-4-2-1-3-15(16)17-13-5-7-14(8-6-13)18-9-11-22-12-10-18/h1-8,17H,9-12H2. The number of nitro groups is 1. The minimum atomic E-state index is -0.384. The van der Waals surface area contributed by atoms with Crippen LogP contribution in [0.15, 0.2) is 48.5 Å². The highest BCUT2D eigenvalue weighted by Crippen LogP contribution is 2.28. The maximum absolute atomic E-state index is 11.0. The van der Waals surface area contributed by atoms with Crippen LogP contribution in [0.25, 0.3) is 0 Å². The number of rotatable bonds is 4. The molecule has 0 spiro atoms. The topological polar surface area (TPSA) is 67.6 Å². The zero-order chi connectivity index (χ0) is 15.4. The monoisotopic (exact) mass is 299 g/mol. The summed E-state index contributed by atoms with van der Waals surface area (Å²) in [5.41, 5.74) is 2.52. The summed E-state index contributed by atoms with van der Waals surface area (Å²) < 4.78 is 5.34. The molecule has 6 heteroatoms. The Hall–Kier alpha value is -2.60. The molecule has 114 valence electrons. The molecule has 3 rings (SSSR count). The van der Waals surface area contributed by atoms with E-state index in [9.17, 15) is 10.1 Å². The van der Waals surface area contributed by atoms with Gasteiger partial charge in [0.05, 0.1) is 18.1 Å². The lowest BCUT2D eigenvalue weighted by molar-refractivity contribution is -0.383. The van der Waals surface area contributed by atoms with Crippen LogP contribution in [0.2, 0.25) is 0 Å². The number of hydrogen-bond donors (Lipinski definition) is 1. The maximum Gasteiger partial charge on any atom is 0.292 e. The fourth-order valence-corrected chi connectivity index (χ4v) is 2.47. The Kier molecular flexibility index (Phi) is 4.20. The fourth-order valence-electron chi connectivity index (χ4n) is 2.47. The Balaban J connectivity index is 1.75. The average Bonchev–Trinajstić information content (AvgIpc) is 2.57. The van der Waals surface area contributed by atoms with Crippen molar-refractivity contribution in [3.05, 3.63) is 58.6 Å². The van der Waals surface area contributed by atoms with Gasteiger partial charge in [0, 0.05) is 30.5 Å². The molecule has 0 aliphatic carbocycles. The van der Waals surface area contributed by atoms with Gasteiger partial charge in [0.25, 0.3) is 5.69 Å². The highest BCUT2D eigenvalue weighted by atomic mass is 16.6. The Morgan fingerprint density at radius 1 is 1.05 bits per heavy atom. The van der Waals surface area contributed by atoms with E-state index in [1.807, 2.05) is 24.3 Å². The van der Waals surface area contributed by atoms with E-state index in [0.29, 0.717) is 5.69 Å². The van der Waals surface area contributed by atoms with Crippen molar-refractivity contribution in [3.8, 4) is 0 Å². The van der Waals surface area contributed by atoms with Crippen LogP contribution in [-0.4, -0.2) is 31.2 Å². The van der Waals surface area contributed by atoms with Crippen LogP contribution in [-0.2, 0) is 4.74 Å². The lowest BCUT2D eigenvalue weighted by Gasteiger charge is -2.28. The number of ether oxygens (including phenoxy) is 1. The predicted octanol–water partition coefficient (Wildman–Crippen LogP) is 3.18. The van der Waals surface area contributed by atoms with Crippen LogP contribution in [0.4, 0.5) is 22.7 Å². The summed E-state index contributed by atoms with van der Waals surface area (Å²) in [6.45, 7) is 3.26. The summed E-state index contributed by atoms with van der Waals surface area (Å²) in [5, 5.41) is 14.1. The Morgan fingerprint density at radius 2 is 1.73 bits per heavy atom. The van der Waals surface area contributed by atoms with Crippen molar-refractivity contribution in [1.29, 1.82) is 0 Å². The van der Waals surface area contributed by atoms with E-state index in [-0.39, 0.29) is 10.6 Å². The van der Waals surface area contributed by atoms with Crippen LogP contribution in [0.5, 0.6) is 0 Å². The summed E-state index contributed by atoms with van der Waals surface area (Å²) >= 11 is 0. The molecule has 2 aromatic carbocycles. The third kappa shape index (κ3) is 3.17. The number of nitrogens with one attached hydrogen (secondary N) is 1. The van der Waals surface area contributed by atoms with Crippen molar-refractivity contribution in [1.82, 2.24) is 0 Å². The van der Waals surface area contributed by atoms with Gasteiger partial charge in [-0.3, -0.25) is 10.1 Å². The highest BCUT2D eigenvalue weighted by molar-refractivity contribution is 5.70. The van der Waals surface area contributed by atoms with E-state index < -0.39 is 0 Å². The largest absolute Gasteiger partial charge is 0.378 e. The van der Waals surface area contributed by atoms with Crippen LogP contribution in [0.3, 0.4) is 0 Å². The first kappa shape index (κ1) is 14.3. The fraction of sp³-hybridized carbons (Fsp3) is 0.250. The molecule has 6 nitrogen and oxygen atoms in total. The zero-order valence-electron chi connectivity index (χ0n) is 12.1. The lowest BCUT2D eigenvalue weighted by atomic mass is 10.2. The number of para-hydroxylation sites is 2. The van der Waals surface area contributed by atoms with Gasteiger partial charge in [-0.2, -0.15) is 0 Å². The third-order valence-corrected chi connectivity index (χ3v) is 3.62. The molecule has 0 aromatic heterocycles. The second kappa shape index (κ2) is 6.44. The average molecular weight is 299 g/mol. The molecule has 0 amide bonds. The van der Waals surface area contributed by atoms with Crippen molar-refractivity contribution >= 4 is 22.7 Å². The number of benzene rings is 2. The number of nitro benzene ring substituents is 1. The molecule has 1 N–H and O–H groups in total. The van der Waals surface area contributed by atoms with Gasteiger partial charge in [0.1, 0.15) is 5.69 Å². The van der Waals surface area contributed by atoms with Gasteiger partial charge in [0.15, 0.2) is 0 Å². The molecular formula is C16H17N3O3. The van der Waals surface area contributed by atoms with Crippen molar-refractivity contribution in [2.45, 2.75) is 0 Å². The van der Waals surface area contributed by atoms with E-state index in [4.69, 9.17) is 4.74 Å². The van der Waals surface area contributed by atoms with Gasteiger partial charge in [-0.1, -0.05) is 12.1 Å². The Labute approximate surface area is 128 Å². The summed E-state index contributed by atoms with van der Waals surface area (Å²) in [5.74, 6) is 0. The van der Waals surface area contributed by atoms with Crippen molar-refractivity contribution in [2.75, 3.05) is 36.5 Å². The van der Waals surface area contributed by atoms with Crippen molar-refractivity contribution < 1.29 is 9.66 Å². The second-order valence-corrected chi connectivity index (χ2v) is 5.05. The van der Waals surface area contributed by atoms with E-state index in [1.54, 1.807) is 18.2 Å². The number of hydrogen-bond acceptors (Lipinski definition) is 5. The minimum Gasteiger partial charge on any atom is -0.378 e. The van der Waals surface area contributed by atoms with Gasteiger partial charge in [-0.05, 0) is 30.3 Å². The highest BCUT2D eigenvalue weighted by Gasteiger charge is 2.13. The van der Waals surface area contributed by atoms with E-state index >= 15 is 0 Å². The summed E-state index contributed by atoms with van der Waals surface area (Å²) in [4.78, 5) is 12.9. The molecule has 1 aliphatic rings. The number of anilines is 3. The summed E-state index contributed by atoms with van der Waals surface area (Å²) in [7, 11) is 0. The second-order valence-electron chi connectivity index (χ2n) is 5.05. The molecule has 0 bridgehead atoms. The first-order valence-electron chi connectivity index (χ1n) is 7.17. The molecule has 0 unspecified atom stereocenters. The van der Waals surface area contributed by atoms with Gasteiger partial charge in [-0.15, -0.1) is 0 Å². The van der Waals surface area contributed by atoms with E-state index in [1.165, 1.54) is 6.07 Å². The molecule has 0 atom stereocenters. The Bertz CT molecular complexity index is 652. The van der Waals surface area contributed by atoms with Crippen molar-refractivity contribution in [3.63, 3.8) is 0 Å². The van der Waals surface area contributed by atoms with Gasteiger partial charge >= 0.3 is 0 Å². The minimum absolute atomic E-state index is 0.0692. The third-order valence-electron chi connectivity index (χ3n) is 3.62. The molecule has 2 aromatic rings. The van der Waals surface area contributed by atoms with Gasteiger partial charge in [0.2, 0.25) is 0 Å². The molecule has 1 fully saturated rings. The van der Waals surface area contributed by atoms with E-state index in [2.05, 4.69) is 10.2 Å². The smallest absolute Gasteiger partial charge is 0.292 e. The SMILES string of the molecule is O=[N+]([O-])c1ccccc1Nc1ccc(N2CCOCC2)cc1. The maximum atomic E-state index is 11.0. The molecular weight excluding hydrogens is 282 g/mol. The summed E-state index contributed by atoms with van der Waals surface area (Å²) in [6, 6.07) is 14.5. The molecule has 1 heterocycles. The van der Waals surface area contributed by atoms with Crippen LogP contribution < -0.4 is 10.2 Å². The summed E-state index contributed by atoms with van der Waals surface area (Å²) in [6.07, 6.45) is 0. The molecule has 0 saturated carbocycles. The first-order chi connectivity index (χ1) is 10.7. The van der Waals surface area contributed by atoms with Gasteiger partial charge in [-0.25, -0.2) is 0 Å². The van der Waals surface area contributed by atoms with Crippen LogP contribution >= 0.6 is 0 Å². The lowest BCUT2D eigenvalue weighted by Crippen LogP contribution is -2.36. The molecule has 1 aliphatic heterocycles. The van der Waals surface area contributed by atoms with Gasteiger partial charge < -0.3 is 15.0 Å². The Morgan fingerprint density at radius 3 is 2.41 bits per heavy atom. The predicted molar refractivity (Wildman–Crippen MR) is 85.9 cm³/mol. The van der Waals surface area contributed by atoms with Crippen LogP contribution in [0.1, 0.15) is 0 Å².